The van der Waals surface area contributed by atoms with Gasteiger partial charge in [0.2, 0.25) is 0 Å². The molecule has 1 aliphatic rings. The summed E-state index contributed by atoms with van der Waals surface area (Å²) >= 11 is 1.21. The van der Waals surface area contributed by atoms with Crippen LogP contribution >= 0.6 is 11.3 Å². The number of hydrogen-bond donors (Lipinski definition) is 2. The van der Waals surface area contributed by atoms with E-state index < -0.39 is 23.6 Å². The fraction of sp³-hybridized carbons (Fsp3) is 0.522. The van der Waals surface area contributed by atoms with Gasteiger partial charge in [0, 0.05) is 5.38 Å². The molecule has 168 valence electrons. The maximum atomic E-state index is 11.9. The lowest BCUT2D eigenvalue weighted by Crippen LogP contribution is -2.34. The molecule has 0 saturated carbocycles. The molecule has 0 spiro atoms. The average molecular weight is 446 g/mol. The van der Waals surface area contributed by atoms with E-state index in [0.717, 1.165) is 25.9 Å². The minimum Gasteiger partial charge on any atom is -0.481 e. The lowest BCUT2D eigenvalue weighted by molar-refractivity contribution is -0.139. The van der Waals surface area contributed by atoms with Gasteiger partial charge in [0.25, 0.3) is 0 Å². The van der Waals surface area contributed by atoms with Crippen LogP contribution in [0.1, 0.15) is 63.1 Å². The van der Waals surface area contributed by atoms with Gasteiger partial charge in [-0.25, -0.2) is 9.78 Å². The summed E-state index contributed by atoms with van der Waals surface area (Å²) in [7, 11) is 0. The zero-order chi connectivity index (χ0) is 22.4. The number of aliphatic carboxylic acids is 1. The Morgan fingerprint density at radius 1 is 1.26 bits per heavy atom. The van der Waals surface area contributed by atoms with Crippen LogP contribution in [0.15, 0.2) is 35.7 Å². The standard InChI is InChI=1S/C23H31N3O4S/c1-23(2,3)30-22(29)25-21-24-19(15-31-21)18(20(27)28)11-14-26-12-9-17(10-13-26)16-7-5-4-6-8-16/h4-8,15,17-18H,9-14H2,1-3H3,(H,27,28)(H,24,25,29). The molecule has 1 fully saturated rings. The van der Waals surface area contributed by atoms with Gasteiger partial charge in [0.05, 0.1) is 5.69 Å². The van der Waals surface area contributed by atoms with Crippen LogP contribution in [0.4, 0.5) is 9.93 Å². The molecule has 0 bridgehead atoms. The third-order valence-electron chi connectivity index (χ3n) is 5.38. The van der Waals surface area contributed by atoms with Crippen LogP contribution in [0.2, 0.25) is 0 Å². The largest absolute Gasteiger partial charge is 0.481 e. The van der Waals surface area contributed by atoms with Crippen molar-refractivity contribution in [3.8, 4) is 0 Å². The van der Waals surface area contributed by atoms with Crippen molar-refractivity contribution < 1.29 is 19.4 Å². The highest BCUT2D eigenvalue weighted by Crippen LogP contribution is 2.30. The predicted molar refractivity (Wildman–Crippen MR) is 122 cm³/mol. The third-order valence-corrected chi connectivity index (χ3v) is 6.15. The normalized spacial score (nSPS) is 16.6. The quantitative estimate of drug-likeness (QED) is 0.628. The number of thiazole rings is 1. The van der Waals surface area contributed by atoms with E-state index in [1.54, 1.807) is 26.2 Å². The first-order chi connectivity index (χ1) is 14.7. The highest BCUT2D eigenvalue weighted by Gasteiger charge is 2.26. The van der Waals surface area contributed by atoms with Crippen molar-refractivity contribution in [2.45, 2.75) is 57.5 Å². The number of carbonyl (C=O) groups is 2. The Balaban J connectivity index is 1.51. The van der Waals surface area contributed by atoms with E-state index in [2.05, 4.69) is 39.5 Å². The summed E-state index contributed by atoms with van der Waals surface area (Å²) < 4.78 is 5.22. The Morgan fingerprint density at radius 3 is 2.55 bits per heavy atom. The fourth-order valence-electron chi connectivity index (χ4n) is 3.82. The van der Waals surface area contributed by atoms with Gasteiger partial charge in [0.1, 0.15) is 11.5 Å². The second kappa shape index (κ2) is 10.2. The van der Waals surface area contributed by atoms with Crippen molar-refractivity contribution in [2.24, 2.45) is 0 Å². The molecule has 1 atom stereocenters. The first-order valence-corrected chi connectivity index (χ1v) is 11.5. The van der Waals surface area contributed by atoms with Gasteiger partial charge < -0.3 is 14.7 Å². The minimum atomic E-state index is -0.895. The van der Waals surface area contributed by atoms with Crippen LogP contribution in [0.3, 0.4) is 0 Å². The van der Waals surface area contributed by atoms with Crippen LogP contribution in [0.25, 0.3) is 0 Å². The van der Waals surface area contributed by atoms with Gasteiger partial charge in [-0.1, -0.05) is 30.3 Å². The lowest BCUT2D eigenvalue weighted by atomic mass is 9.89. The molecule has 2 N–H and O–H groups in total. The summed E-state index contributed by atoms with van der Waals surface area (Å²) in [6.45, 7) is 7.99. The van der Waals surface area contributed by atoms with E-state index in [1.807, 2.05) is 6.07 Å². The van der Waals surface area contributed by atoms with Crippen molar-refractivity contribution in [3.05, 3.63) is 47.0 Å². The number of piperidine rings is 1. The summed E-state index contributed by atoms with van der Waals surface area (Å²) in [5.74, 6) is -1.02. The van der Waals surface area contributed by atoms with Gasteiger partial charge in [-0.05, 0) is 71.1 Å². The molecule has 1 aromatic carbocycles. The molecule has 1 amide bonds. The summed E-state index contributed by atoms with van der Waals surface area (Å²) in [6.07, 6.45) is 2.06. The number of likely N-dealkylation sites (tertiary alicyclic amines) is 1. The molecule has 3 rings (SSSR count). The highest BCUT2D eigenvalue weighted by molar-refractivity contribution is 7.13. The molecule has 0 aliphatic carbocycles. The Labute approximate surface area is 187 Å². The molecule has 0 radical (unpaired) electrons. The van der Waals surface area contributed by atoms with Crippen LogP contribution in [-0.4, -0.2) is 52.3 Å². The van der Waals surface area contributed by atoms with Crippen molar-refractivity contribution in [1.82, 2.24) is 9.88 Å². The van der Waals surface area contributed by atoms with E-state index in [9.17, 15) is 14.7 Å². The van der Waals surface area contributed by atoms with Crippen molar-refractivity contribution in [3.63, 3.8) is 0 Å². The molecule has 1 aliphatic heterocycles. The van der Waals surface area contributed by atoms with Gasteiger partial charge in [-0.3, -0.25) is 10.1 Å². The number of rotatable bonds is 7. The maximum absolute atomic E-state index is 11.9. The van der Waals surface area contributed by atoms with Crippen LogP contribution in [-0.2, 0) is 9.53 Å². The molecule has 2 heterocycles. The van der Waals surface area contributed by atoms with Crippen LogP contribution in [0, 0.1) is 0 Å². The van der Waals surface area contributed by atoms with Gasteiger partial charge in [-0.15, -0.1) is 11.3 Å². The maximum Gasteiger partial charge on any atom is 0.413 e. The minimum absolute atomic E-state index is 0.346. The van der Waals surface area contributed by atoms with Crippen LogP contribution < -0.4 is 5.32 Å². The first kappa shape index (κ1) is 23.2. The van der Waals surface area contributed by atoms with Crippen LogP contribution in [0.5, 0.6) is 0 Å². The first-order valence-electron chi connectivity index (χ1n) is 10.7. The second-order valence-electron chi connectivity index (χ2n) is 8.91. The number of carboxylic acid groups (broad SMARTS) is 1. The van der Waals surface area contributed by atoms with E-state index in [-0.39, 0.29) is 0 Å². The summed E-state index contributed by atoms with van der Waals surface area (Å²) in [4.78, 5) is 30.4. The molecule has 7 nitrogen and oxygen atoms in total. The Bertz CT molecular complexity index is 870. The number of aromatic nitrogens is 1. The van der Waals surface area contributed by atoms with E-state index in [0.29, 0.717) is 29.7 Å². The number of nitrogens with zero attached hydrogens (tertiary/aromatic N) is 2. The lowest BCUT2D eigenvalue weighted by Gasteiger charge is -2.32. The highest BCUT2D eigenvalue weighted by atomic mass is 32.1. The fourth-order valence-corrected chi connectivity index (χ4v) is 4.57. The smallest absolute Gasteiger partial charge is 0.413 e. The van der Waals surface area contributed by atoms with E-state index in [1.165, 1.54) is 16.9 Å². The molecule has 2 aromatic rings. The summed E-state index contributed by atoms with van der Waals surface area (Å²) in [6, 6.07) is 10.6. The molecule has 1 unspecified atom stereocenters. The van der Waals surface area contributed by atoms with E-state index in [4.69, 9.17) is 4.74 Å². The zero-order valence-corrected chi connectivity index (χ0v) is 19.2. The summed E-state index contributed by atoms with van der Waals surface area (Å²) in [5.41, 5.74) is 1.25. The molecular formula is C23H31N3O4S. The number of nitrogens with one attached hydrogen (secondary N) is 1. The Hall–Kier alpha value is -2.45. The average Bonchev–Trinajstić information content (AvgIpc) is 3.15. The van der Waals surface area contributed by atoms with Crippen molar-refractivity contribution >= 4 is 28.5 Å². The number of ether oxygens (including phenoxy) is 1. The number of amides is 1. The Morgan fingerprint density at radius 2 is 1.94 bits per heavy atom. The number of benzene rings is 1. The number of carbonyl (C=O) groups excluding carboxylic acids is 1. The molecule has 31 heavy (non-hydrogen) atoms. The molecule has 1 aromatic heterocycles. The van der Waals surface area contributed by atoms with Gasteiger partial charge in [0.15, 0.2) is 5.13 Å². The summed E-state index contributed by atoms with van der Waals surface area (Å²) in [5, 5.41) is 14.4. The topological polar surface area (TPSA) is 91.8 Å². The van der Waals surface area contributed by atoms with E-state index >= 15 is 0 Å². The molecular weight excluding hydrogens is 414 g/mol. The van der Waals surface area contributed by atoms with Gasteiger partial charge in [-0.2, -0.15) is 0 Å². The molecule has 1 saturated heterocycles. The number of carboxylic acids is 1. The number of hydrogen-bond acceptors (Lipinski definition) is 6. The zero-order valence-electron chi connectivity index (χ0n) is 18.3. The monoisotopic (exact) mass is 445 g/mol. The van der Waals surface area contributed by atoms with Crippen molar-refractivity contribution in [2.75, 3.05) is 25.0 Å². The second-order valence-corrected chi connectivity index (χ2v) is 9.77. The predicted octanol–water partition coefficient (Wildman–Crippen LogP) is 4.93. The number of anilines is 1. The van der Waals surface area contributed by atoms with Gasteiger partial charge >= 0.3 is 12.1 Å². The molecule has 8 heteroatoms. The third kappa shape index (κ3) is 7.04. The Kier molecular flexibility index (Phi) is 7.67. The van der Waals surface area contributed by atoms with Crippen molar-refractivity contribution in [1.29, 1.82) is 0 Å². The SMILES string of the molecule is CC(C)(C)OC(=O)Nc1nc(C(CCN2CCC(c3ccccc3)CC2)C(=O)O)cs1.